The fraction of sp³-hybridized carbons (Fsp3) is 0.400. The van der Waals surface area contributed by atoms with Crippen molar-refractivity contribution in [2.75, 3.05) is 37.9 Å². The van der Waals surface area contributed by atoms with E-state index in [2.05, 4.69) is 10.6 Å². The number of carbonyl (C=O) groups is 3. The van der Waals surface area contributed by atoms with Crippen LogP contribution < -0.4 is 16.4 Å². The maximum absolute atomic E-state index is 12.5. The van der Waals surface area contributed by atoms with Gasteiger partial charge in [0.25, 0.3) is 0 Å². The summed E-state index contributed by atoms with van der Waals surface area (Å²) in [6.45, 7) is 6.33. The largest absolute Gasteiger partial charge is 0.456 e. The van der Waals surface area contributed by atoms with Crippen LogP contribution in [0, 0.1) is 0 Å². The number of likely N-dealkylation sites (N-methyl/N-ethyl adjacent to an activating group) is 1. The molecule has 0 bridgehead atoms. The van der Waals surface area contributed by atoms with Crippen LogP contribution >= 0.6 is 0 Å². The van der Waals surface area contributed by atoms with E-state index in [9.17, 15) is 14.4 Å². The molecule has 2 aromatic rings. The quantitative estimate of drug-likeness (QED) is 0.481. The van der Waals surface area contributed by atoms with Gasteiger partial charge in [-0.25, -0.2) is 9.59 Å². The number of nitrogens with one attached hydrogen (secondary N) is 2. The first-order valence-corrected chi connectivity index (χ1v) is 11.0. The predicted molar refractivity (Wildman–Crippen MR) is 132 cm³/mol. The van der Waals surface area contributed by atoms with Crippen LogP contribution in [0.1, 0.15) is 36.7 Å². The average Bonchev–Trinajstić information content (AvgIpc) is 2.74. The second-order valence-corrected chi connectivity index (χ2v) is 9.14. The van der Waals surface area contributed by atoms with Crippen LogP contribution in [0.5, 0.6) is 0 Å². The molecule has 1 atom stereocenters. The van der Waals surface area contributed by atoms with Gasteiger partial charge in [0.15, 0.2) is 0 Å². The van der Waals surface area contributed by atoms with Gasteiger partial charge in [-0.1, -0.05) is 12.1 Å². The number of amides is 2. The summed E-state index contributed by atoms with van der Waals surface area (Å²) in [5.41, 5.74) is 7.83. The van der Waals surface area contributed by atoms with Crippen LogP contribution in [0.15, 0.2) is 48.5 Å². The van der Waals surface area contributed by atoms with Crippen molar-refractivity contribution in [1.29, 1.82) is 0 Å². The molecule has 0 fully saturated rings. The lowest BCUT2D eigenvalue weighted by atomic mass is 10.1. The van der Waals surface area contributed by atoms with Crippen LogP contribution in [-0.4, -0.2) is 61.8 Å². The third-order valence-corrected chi connectivity index (χ3v) is 4.55. The lowest BCUT2D eigenvalue weighted by molar-refractivity contribution is -0.117. The SMILES string of the molecule is CN(C)CCOC(=O)Nc1ccc(CC(N)C(=O)Nc2ccc(C(=O)OC(C)(C)C)cc2)cc1. The maximum atomic E-state index is 12.5. The Morgan fingerprint density at radius 2 is 1.50 bits per heavy atom. The molecule has 4 N–H and O–H groups in total. The monoisotopic (exact) mass is 470 g/mol. The molecule has 2 aromatic carbocycles. The molecule has 0 aliphatic heterocycles. The Labute approximate surface area is 200 Å². The second-order valence-electron chi connectivity index (χ2n) is 9.14. The smallest absolute Gasteiger partial charge is 0.411 e. The Bertz CT molecular complexity index is 966. The van der Waals surface area contributed by atoms with E-state index in [-0.39, 0.29) is 5.91 Å². The van der Waals surface area contributed by atoms with Gasteiger partial charge in [0.05, 0.1) is 11.6 Å². The van der Waals surface area contributed by atoms with Gasteiger partial charge in [-0.15, -0.1) is 0 Å². The van der Waals surface area contributed by atoms with Crippen molar-refractivity contribution in [3.63, 3.8) is 0 Å². The van der Waals surface area contributed by atoms with Gasteiger partial charge >= 0.3 is 12.1 Å². The molecule has 0 heterocycles. The van der Waals surface area contributed by atoms with Gasteiger partial charge in [-0.3, -0.25) is 10.1 Å². The van der Waals surface area contributed by atoms with Crippen molar-refractivity contribution in [2.45, 2.75) is 38.8 Å². The maximum Gasteiger partial charge on any atom is 0.411 e. The van der Waals surface area contributed by atoms with Crippen LogP contribution in [0.25, 0.3) is 0 Å². The van der Waals surface area contributed by atoms with Crippen LogP contribution in [0.3, 0.4) is 0 Å². The summed E-state index contributed by atoms with van der Waals surface area (Å²) >= 11 is 0. The lowest BCUT2D eigenvalue weighted by Gasteiger charge is -2.19. The van der Waals surface area contributed by atoms with Crippen molar-refractivity contribution in [3.8, 4) is 0 Å². The van der Waals surface area contributed by atoms with E-state index in [0.717, 1.165) is 5.56 Å². The zero-order valence-electron chi connectivity index (χ0n) is 20.4. The number of anilines is 2. The zero-order chi connectivity index (χ0) is 25.3. The Balaban J connectivity index is 1.84. The van der Waals surface area contributed by atoms with Gasteiger partial charge in [-0.2, -0.15) is 0 Å². The average molecular weight is 471 g/mol. The molecule has 9 heteroatoms. The molecule has 34 heavy (non-hydrogen) atoms. The standard InChI is InChI=1S/C25H34N4O5/c1-25(2,3)34-23(31)18-8-12-19(13-9-18)27-22(30)21(26)16-17-6-10-20(11-7-17)28-24(32)33-15-14-29(4)5/h6-13,21H,14-16,26H2,1-5H3,(H,27,30)(H,28,32). The third kappa shape index (κ3) is 9.60. The van der Waals surface area contributed by atoms with E-state index in [0.29, 0.717) is 36.5 Å². The zero-order valence-corrected chi connectivity index (χ0v) is 20.4. The van der Waals surface area contributed by atoms with Gasteiger partial charge in [0.1, 0.15) is 12.2 Å². The Kier molecular flexibility index (Phi) is 9.58. The number of benzene rings is 2. The van der Waals surface area contributed by atoms with E-state index >= 15 is 0 Å². The minimum Gasteiger partial charge on any atom is -0.456 e. The Morgan fingerprint density at radius 1 is 0.941 bits per heavy atom. The highest BCUT2D eigenvalue weighted by Gasteiger charge is 2.18. The molecule has 184 valence electrons. The number of ether oxygens (including phenoxy) is 2. The summed E-state index contributed by atoms with van der Waals surface area (Å²) in [4.78, 5) is 38.3. The summed E-state index contributed by atoms with van der Waals surface area (Å²) in [7, 11) is 3.79. The molecule has 2 amide bonds. The minimum atomic E-state index is -0.777. The number of hydrogen-bond acceptors (Lipinski definition) is 7. The van der Waals surface area contributed by atoms with Gasteiger partial charge in [0.2, 0.25) is 5.91 Å². The normalized spacial score (nSPS) is 12.1. The lowest BCUT2D eigenvalue weighted by Crippen LogP contribution is -2.37. The fourth-order valence-corrected chi connectivity index (χ4v) is 2.81. The number of esters is 1. The number of rotatable bonds is 9. The van der Waals surface area contributed by atoms with E-state index < -0.39 is 23.7 Å². The van der Waals surface area contributed by atoms with E-state index in [1.165, 1.54) is 0 Å². The summed E-state index contributed by atoms with van der Waals surface area (Å²) in [6.07, 6.45) is -0.210. The van der Waals surface area contributed by atoms with Crippen LogP contribution in [0.4, 0.5) is 16.2 Å². The highest BCUT2D eigenvalue weighted by atomic mass is 16.6. The van der Waals surface area contributed by atoms with Crippen molar-refractivity contribution in [2.24, 2.45) is 5.73 Å². The molecule has 0 spiro atoms. The van der Waals surface area contributed by atoms with E-state index in [1.54, 1.807) is 69.3 Å². The number of carbonyl (C=O) groups excluding carboxylic acids is 3. The topological polar surface area (TPSA) is 123 Å². The number of nitrogens with zero attached hydrogens (tertiary/aromatic N) is 1. The summed E-state index contributed by atoms with van der Waals surface area (Å²) in [6, 6.07) is 12.7. The van der Waals surface area contributed by atoms with Crippen molar-refractivity contribution in [3.05, 3.63) is 59.7 Å². The van der Waals surface area contributed by atoms with Crippen LogP contribution in [0.2, 0.25) is 0 Å². The molecule has 9 nitrogen and oxygen atoms in total. The first-order valence-electron chi connectivity index (χ1n) is 11.0. The molecule has 0 saturated heterocycles. The fourth-order valence-electron chi connectivity index (χ4n) is 2.81. The first kappa shape index (κ1) is 26.8. The van der Waals surface area contributed by atoms with Crippen molar-refractivity contribution in [1.82, 2.24) is 4.90 Å². The molecule has 0 radical (unpaired) electrons. The molecule has 1 unspecified atom stereocenters. The molecule has 0 aliphatic carbocycles. The first-order chi connectivity index (χ1) is 15.9. The number of nitrogens with two attached hydrogens (primary N) is 1. The number of hydrogen-bond donors (Lipinski definition) is 3. The second kappa shape index (κ2) is 12.2. The Morgan fingerprint density at radius 3 is 2.06 bits per heavy atom. The van der Waals surface area contributed by atoms with Gasteiger partial charge < -0.3 is 25.4 Å². The molecule has 2 rings (SSSR count). The predicted octanol–water partition coefficient (Wildman–Crippen LogP) is 3.26. The Hall–Kier alpha value is -3.43. The molecular weight excluding hydrogens is 436 g/mol. The van der Waals surface area contributed by atoms with Crippen molar-refractivity contribution >= 4 is 29.3 Å². The van der Waals surface area contributed by atoms with Gasteiger partial charge in [-0.05, 0) is 83.2 Å². The summed E-state index contributed by atoms with van der Waals surface area (Å²) in [5.74, 6) is -0.779. The molecular formula is C25H34N4O5. The highest BCUT2D eigenvalue weighted by Crippen LogP contribution is 2.16. The van der Waals surface area contributed by atoms with Crippen LogP contribution in [-0.2, 0) is 20.7 Å². The third-order valence-electron chi connectivity index (χ3n) is 4.55. The molecule has 0 aromatic heterocycles. The molecule has 0 saturated carbocycles. The van der Waals surface area contributed by atoms with Gasteiger partial charge in [0, 0.05) is 17.9 Å². The summed E-state index contributed by atoms with van der Waals surface area (Å²) < 4.78 is 10.4. The van der Waals surface area contributed by atoms with E-state index in [1.807, 2.05) is 19.0 Å². The van der Waals surface area contributed by atoms with Crippen molar-refractivity contribution < 1.29 is 23.9 Å². The summed E-state index contributed by atoms with van der Waals surface area (Å²) in [5, 5.41) is 5.40. The highest BCUT2D eigenvalue weighted by molar-refractivity contribution is 5.96. The molecule has 0 aliphatic rings. The van der Waals surface area contributed by atoms with E-state index in [4.69, 9.17) is 15.2 Å². The minimum absolute atomic E-state index is 0.296.